The van der Waals surface area contributed by atoms with Crippen LogP contribution in [0.15, 0.2) is 36.5 Å². The Morgan fingerprint density at radius 2 is 1.92 bits per heavy atom. The number of hydrogen-bond acceptors (Lipinski definition) is 3. The van der Waals surface area contributed by atoms with Gasteiger partial charge in [0.25, 0.3) is 5.91 Å². The Hall–Kier alpha value is -2.76. The minimum Gasteiger partial charge on any atom is -0.349 e. The highest BCUT2D eigenvalue weighted by Crippen LogP contribution is 2.23. The van der Waals surface area contributed by atoms with E-state index >= 15 is 0 Å². The first kappa shape index (κ1) is 14.8. The maximum absolute atomic E-state index is 13.1. The summed E-state index contributed by atoms with van der Waals surface area (Å²) in [4.78, 5) is 24.4. The minimum atomic E-state index is -0.301. The Labute approximate surface area is 138 Å². The summed E-state index contributed by atoms with van der Waals surface area (Å²) >= 11 is 0. The second kappa shape index (κ2) is 6.03. The first-order chi connectivity index (χ1) is 11.7. The molecule has 24 heavy (non-hydrogen) atoms. The van der Waals surface area contributed by atoms with Gasteiger partial charge in [0, 0.05) is 17.8 Å². The number of halogens is 1. The number of imidazole rings is 1. The van der Waals surface area contributed by atoms with Gasteiger partial charge in [0.2, 0.25) is 0 Å². The third-order valence-corrected chi connectivity index (χ3v) is 4.44. The Morgan fingerprint density at radius 1 is 1.17 bits per heavy atom. The van der Waals surface area contributed by atoms with Crippen LogP contribution in [-0.2, 0) is 0 Å². The topological polar surface area (TPSA) is 70.7 Å². The van der Waals surface area contributed by atoms with Gasteiger partial charge in [-0.25, -0.2) is 14.4 Å². The number of nitrogens with one attached hydrogen (secondary N) is 2. The predicted octanol–water partition coefficient (Wildman–Crippen LogP) is 3.44. The average molecular weight is 324 g/mol. The highest BCUT2D eigenvalue weighted by atomic mass is 19.1. The Bertz CT molecular complexity index is 882. The second-order valence-electron chi connectivity index (χ2n) is 6.10. The summed E-state index contributed by atoms with van der Waals surface area (Å²) in [6, 6.07) is 7.99. The van der Waals surface area contributed by atoms with Gasteiger partial charge in [0.05, 0.1) is 11.1 Å². The van der Waals surface area contributed by atoms with E-state index in [2.05, 4.69) is 20.3 Å². The van der Waals surface area contributed by atoms with Crippen LogP contribution in [0, 0.1) is 5.82 Å². The Morgan fingerprint density at radius 3 is 2.67 bits per heavy atom. The van der Waals surface area contributed by atoms with Crippen molar-refractivity contribution in [3.8, 4) is 11.4 Å². The van der Waals surface area contributed by atoms with E-state index in [1.807, 2.05) is 0 Å². The molecule has 0 aliphatic heterocycles. The lowest BCUT2D eigenvalue weighted by atomic mass is 10.2. The Balaban J connectivity index is 1.69. The van der Waals surface area contributed by atoms with Crippen LogP contribution in [0.4, 0.5) is 4.39 Å². The van der Waals surface area contributed by atoms with Crippen LogP contribution < -0.4 is 5.32 Å². The van der Waals surface area contributed by atoms with Crippen LogP contribution in [0.5, 0.6) is 0 Å². The highest BCUT2D eigenvalue weighted by Gasteiger charge is 2.20. The molecule has 1 fully saturated rings. The maximum atomic E-state index is 13.1. The van der Waals surface area contributed by atoms with Crippen molar-refractivity contribution in [2.75, 3.05) is 0 Å². The fourth-order valence-corrected chi connectivity index (χ4v) is 3.18. The number of carbonyl (C=O) groups is 1. The van der Waals surface area contributed by atoms with Crippen molar-refractivity contribution in [1.82, 2.24) is 20.3 Å². The summed E-state index contributed by atoms with van der Waals surface area (Å²) in [6.45, 7) is 0. The monoisotopic (exact) mass is 324 g/mol. The summed E-state index contributed by atoms with van der Waals surface area (Å²) < 4.78 is 13.1. The molecule has 122 valence electrons. The van der Waals surface area contributed by atoms with Gasteiger partial charge >= 0.3 is 0 Å². The number of carbonyl (C=O) groups excluding carboxylic acids is 1. The van der Waals surface area contributed by atoms with Gasteiger partial charge in [-0.3, -0.25) is 4.79 Å². The standard InChI is InChI=1S/C18H17FN4O/c19-12-7-5-11(6-8-12)16-22-15-14(9-10-20-17(15)23-16)18(24)21-13-3-1-2-4-13/h5-10,13H,1-4H2,(H,21,24)(H,20,22,23). The van der Waals surface area contributed by atoms with Gasteiger partial charge in [-0.2, -0.15) is 0 Å². The second-order valence-corrected chi connectivity index (χ2v) is 6.10. The van der Waals surface area contributed by atoms with Gasteiger partial charge in [0.15, 0.2) is 5.65 Å². The number of amides is 1. The quantitative estimate of drug-likeness (QED) is 0.775. The first-order valence-electron chi connectivity index (χ1n) is 8.12. The molecular formula is C18H17FN4O. The molecule has 5 nitrogen and oxygen atoms in total. The third-order valence-electron chi connectivity index (χ3n) is 4.44. The lowest BCUT2D eigenvalue weighted by molar-refractivity contribution is 0.0939. The number of pyridine rings is 1. The van der Waals surface area contributed by atoms with Crippen LogP contribution in [0.1, 0.15) is 36.0 Å². The molecule has 0 spiro atoms. The number of rotatable bonds is 3. The number of H-pyrrole nitrogens is 1. The van der Waals surface area contributed by atoms with Crippen molar-refractivity contribution in [3.05, 3.63) is 47.9 Å². The molecule has 0 saturated heterocycles. The lowest BCUT2D eigenvalue weighted by Crippen LogP contribution is -2.32. The lowest BCUT2D eigenvalue weighted by Gasteiger charge is -2.11. The van der Waals surface area contributed by atoms with Crippen molar-refractivity contribution < 1.29 is 9.18 Å². The van der Waals surface area contributed by atoms with Crippen molar-refractivity contribution in [2.24, 2.45) is 0 Å². The number of aromatic amines is 1. The van der Waals surface area contributed by atoms with E-state index in [4.69, 9.17) is 0 Å². The van der Waals surface area contributed by atoms with Gasteiger partial charge < -0.3 is 10.3 Å². The van der Waals surface area contributed by atoms with Crippen LogP contribution >= 0.6 is 0 Å². The van der Waals surface area contributed by atoms with E-state index in [-0.39, 0.29) is 17.8 Å². The van der Waals surface area contributed by atoms with Gasteiger partial charge in [0.1, 0.15) is 11.6 Å². The van der Waals surface area contributed by atoms with Crippen LogP contribution in [-0.4, -0.2) is 26.9 Å². The van der Waals surface area contributed by atoms with E-state index < -0.39 is 0 Å². The molecule has 4 rings (SSSR count). The zero-order valence-corrected chi connectivity index (χ0v) is 13.1. The number of benzene rings is 1. The van der Waals surface area contributed by atoms with E-state index in [0.29, 0.717) is 22.6 Å². The molecule has 1 saturated carbocycles. The molecule has 0 atom stereocenters. The molecule has 1 aliphatic carbocycles. The zero-order chi connectivity index (χ0) is 16.5. The number of nitrogens with zero attached hydrogens (tertiary/aromatic N) is 2. The van der Waals surface area contributed by atoms with Gasteiger partial charge in [-0.05, 0) is 43.2 Å². The molecule has 1 amide bonds. The summed E-state index contributed by atoms with van der Waals surface area (Å²) in [7, 11) is 0. The highest BCUT2D eigenvalue weighted by molar-refractivity contribution is 6.04. The largest absolute Gasteiger partial charge is 0.349 e. The van der Waals surface area contributed by atoms with Crippen molar-refractivity contribution in [3.63, 3.8) is 0 Å². The minimum absolute atomic E-state index is 0.108. The summed E-state index contributed by atoms with van der Waals surface area (Å²) in [5, 5.41) is 3.08. The number of hydrogen-bond donors (Lipinski definition) is 2. The maximum Gasteiger partial charge on any atom is 0.253 e. The normalized spacial score (nSPS) is 15.0. The summed E-state index contributed by atoms with van der Waals surface area (Å²) in [5.41, 5.74) is 2.37. The molecule has 2 heterocycles. The smallest absolute Gasteiger partial charge is 0.253 e. The van der Waals surface area contributed by atoms with E-state index in [9.17, 15) is 9.18 Å². The third kappa shape index (κ3) is 2.75. The number of fused-ring (bicyclic) bond motifs is 1. The molecule has 3 aromatic rings. The van der Waals surface area contributed by atoms with Crippen molar-refractivity contribution in [1.29, 1.82) is 0 Å². The van der Waals surface area contributed by atoms with E-state index in [0.717, 1.165) is 31.2 Å². The molecule has 0 bridgehead atoms. The van der Waals surface area contributed by atoms with Crippen molar-refractivity contribution >= 4 is 17.1 Å². The molecular weight excluding hydrogens is 307 g/mol. The molecule has 1 aromatic carbocycles. The summed E-state index contributed by atoms with van der Waals surface area (Å²) in [5.74, 6) is 0.159. The van der Waals surface area contributed by atoms with Crippen LogP contribution in [0.25, 0.3) is 22.6 Å². The summed E-state index contributed by atoms with van der Waals surface area (Å²) in [6.07, 6.45) is 5.97. The molecule has 6 heteroatoms. The fourth-order valence-electron chi connectivity index (χ4n) is 3.18. The van der Waals surface area contributed by atoms with Crippen LogP contribution in [0.2, 0.25) is 0 Å². The molecule has 1 aliphatic rings. The number of aromatic nitrogens is 3. The molecule has 0 radical (unpaired) electrons. The SMILES string of the molecule is O=C(NC1CCCC1)c1ccnc2nc(-c3ccc(F)cc3)[nH]c12. The zero-order valence-electron chi connectivity index (χ0n) is 13.1. The predicted molar refractivity (Wildman–Crippen MR) is 89.0 cm³/mol. The van der Waals surface area contributed by atoms with Crippen molar-refractivity contribution in [2.45, 2.75) is 31.7 Å². The van der Waals surface area contributed by atoms with Gasteiger partial charge in [-0.15, -0.1) is 0 Å². The van der Waals surface area contributed by atoms with Crippen LogP contribution in [0.3, 0.4) is 0 Å². The fraction of sp³-hybridized carbons (Fsp3) is 0.278. The molecule has 0 unspecified atom stereocenters. The first-order valence-corrected chi connectivity index (χ1v) is 8.12. The van der Waals surface area contributed by atoms with E-state index in [1.165, 1.54) is 12.1 Å². The van der Waals surface area contributed by atoms with E-state index in [1.54, 1.807) is 24.4 Å². The Kier molecular flexibility index (Phi) is 3.72. The molecule has 2 aromatic heterocycles. The molecule has 2 N–H and O–H groups in total. The average Bonchev–Trinajstić information content (AvgIpc) is 3.24. The van der Waals surface area contributed by atoms with Gasteiger partial charge in [-0.1, -0.05) is 12.8 Å².